The smallest absolute Gasteiger partial charge is 0.237 e. The van der Waals surface area contributed by atoms with Gasteiger partial charge in [0.05, 0.1) is 23.5 Å². The molecule has 0 bridgehead atoms. The van der Waals surface area contributed by atoms with Crippen LogP contribution in [0, 0.1) is 0 Å². The number of aromatic amines is 1. The topological polar surface area (TPSA) is 90.1 Å². The van der Waals surface area contributed by atoms with Gasteiger partial charge in [0, 0.05) is 32.6 Å². The molecule has 1 saturated heterocycles. The van der Waals surface area contributed by atoms with Gasteiger partial charge in [0.25, 0.3) is 0 Å². The van der Waals surface area contributed by atoms with Crippen LogP contribution in [0.1, 0.15) is 17.8 Å². The van der Waals surface area contributed by atoms with Crippen LogP contribution < -0.4 is 10.6 Å². The number of nitrogens with zero attached hydrogens (tertiary/aromatic N) is 2. The number of piperazine rings is 1. The molecule has 1 aliphatic heterocycles. The zero-order valence-electron chi connectivity index (χ0n) is 16.2. The molecule has 29 heavy (non-hydrogen) atoms. The molecule has 7 nitrogen and oxygen atoms in total. The second-order valence-corrected chi connectivity index (χ2v) is 7.27. The second-order valence-electron chi connectivity index (χ2n) is 7.27. The number of H-pyrrole nitrogens is 1. The average Bonchev–Trinajstić information content (AvgIpc) is 3.14. The van der Waals surface area contributed by atoms with Gasteiger partial charge in [-0.2, -0.15) is 0 Å². The number of para-hydroxylation sites is 2. The molecule has 2 amide bonds. The Morgan fingerprint density at radius 2 is 1.93 bits per heavy atom. The van der Waals surface area contributed by atoms with Gasteiger partial charge in [-0.15, -0.1) is 0 Å². The number of hydrogen-bond donors (Lipinski definition) is 3. The van der Waals surface area contributed by atoms with E-state index in [1.165, 1.54) is 0 Å². The Balaban J connectivity index is 1.31. The molecule has 1 atom stereocenters. The minimum absolute atomic E-state index is 0.0837. The number of amides is 2. The van der Waals surface area contributed by atoms with Gasteiger partial charge in [-0.1, -0.05) is 42.5 Å². The number of carbonyl (C=O) groups excluding carboxylic acids is 2. The molecule has 2 aromatic carbocycles. The maximum absolute atomic E-state index is 12.5. The van der Waals surface area contributed by atoms with Crippen LogP contribution >= 0.6 is 0 Å². The standard InChI is InChI=1S/C22H25N5O2/c28-21(23-11-10-20-25-17-8-4-5-9-18(17)26-20)14-19-22(29)24-12-13-27(19)15-16-6-2-1-3-7-16/h1-9,19H,10-15H2,(H,23,28)(H,24,29)(H,25,26)/t19-/m1/s1. The lowest BCUT2D eigenvalue weighted by Crippen LogP contribution is -2.56. The summed E-state index contributed by atoms with van der Waals surface area (Å²) in [6.45, 7) is 2.48. The molecule has 0 unspecified atom stereocenters. The lowest BCUT2D eigenvalue weighted by Gasteiger charge is -2.34. The van der Waals surface area contributed by atoms with Crippen molar-refractivity contribution < 1.29 is 9.59 Å². The largest absolute Gasteiger partial charge is 0.356 e. The highest BCUT2D eigenvalue weighted by atomic mass is 16.2. The van der Waals surface area contributed by atoms with Crippen molar-refractivity contribution in [2.24, 2.45) is 0 Å². The first-order chi connectivity index (χ1) is 14.2. The first-order valence-electron chi connectivity index (χ1n) is 9.95. The van der Waals surface area contributed by atoms with E-state index < -0.39 is 6.04 Å². The van der Waals surface area contributed by atoms with E-state index >= 15 is 0 Å². The Bertz CT molecular complexity index is 952. The zero-order valence-corrected chi connectivity index (χ0v) is 16.2. The number of hydrogen-bond acceptors (Lipinski definition) is 4. The first-order valence-corrected chi connectivity index (χ1v) is 9.95. The van der Waals surface area contributed by atoms with Crippen molar-refractivity contribution in [1.82, 2.24) is 25.5 Å². The highest BCUT2D eigenvalue weighted by molar-refractivity contribution is 5.88. The molecule has 1 aliphatic rings. The predicted octanol–water partition coefficient (Wildman–Crippen LogP) is 1.61. The molecule has 0 aliphatic carbocycles. The fraction of sp³-hybridized carbons (Fsp3) is 0.318. The van der Waals surface area contributed by atoms with E-state index in [1.807, 2.05) is 54.6 Å². The summed E-state index contributed by atoms with van der Waals surface area (Å²) in [7, 11) is 0. The quantitative estimate of drug-likeness (QED) is 0.571. The molecular weight excluding hydrogens is 366 g/mol. The molecular formula is C22H25N5O2. The number of benzene rings is 2. The van der Waals surface area contributed by atoms with Gasteiger partial charge in [-0.05, 0) is 17.7 Å². The summed E-state index contributed by atoms with van der Waals surface area (Å²) in [6.07, 6.45) is 0.768. The lowest BCUT2D eigenvalue weighted by molar-refractivity contribution is -0.134. The van der Waals surface area contributed by atoms with Crippen LogP contribution in [-0.4, -0.2) is 52.4 Å². The molecule has 7 heteroatoms. The van der Waals surface area contributed by atoms with Crippen LogP contribution in [0.4, 0.5) is 0 Å². The summed E-state index contributed by atoms with van der Waals surface area (Å²) in [5.74, 6) is 0.633. The van der Waals surface area contributed by atoms with E-state index in [2.05, 4.69) is 25.5 Å². The Labute approximate surface area is 169 Å². The Morgan fingerprint density at radius 3 is 2.76 bits per heavy atom. The van der Waals surface area contributed by atoms with Crippen LogP contribution in [0.3, 0.4) is 0 Å². The van der Waals surface area contributed by atoms with Crippen molar-refractivity contribution >= 4 is 22.8 Å². The van der Waals surface area contributed by atoms with Crippen LogP contribution in [0.15, 0.2) is 54.6 Å². The Hall–Kier alpha value is -3.19. The molecule has 2 heterocycles. The van der Waals surface area contributed by atoms with Gasteiger partial charge in [0.2, 0.25) is 11.8 Å². The summed E-state index contributed by atoms with van der Waals surface area (Å²) in [5, 5.41) is 5.80. The SMILES string of the molecule is O=C(C[C@@H]1C(=O)NCCN1Cc1ccccc1)NCCc1nc2ccccc2[nH]1. The Kier molecular flexibility index (Phi) is 5.86. The molecule has 4 rings (SSSR count). The summed E-state index contributed by atoms with van der Waals surface area (Å²) in [6, 6.07) is 17.4. The van der Waals surface area contributed by atoms with E-state index in [0.29, 0.717) is 26.1 Å². The summed E-state index contributed by atoms with van der Waals surface area (Å²) in [4.78, 5) is 34.7. The predicted molar refractivity (Wildman–Crippen MR) is 111 cm³/mol. The number of carbonyl (C=O) groups is 2. The van der Waals surface area contributed by atoms with Crippen LogP contribution in [0.2, 0.25) is 0 Å². The molecule has 3 aromatic rings. The molecule has 1 aromatic heterocycles. The molecule has 150 valence electrons. The fourth-order valence-corrected chi connectivity index (χ4v) is 3.68. The lowest BCUT2D eigenvalue weighted by atomic mass is 10.1. The number of nitrogens with one attached hydrogen (secondary N) is 3. The van der Waals surface area contributed by atoms with E-state index in [0.717, 1.165) is 29.0 Å². The molecule has 0 spiro atoms. The van der Waals surface area contributed by atoms with Crippen molar-refractivity contribution in [2.75, 3.05) is 19.6 Å². The normalized spacial score (nSPS) is 17.2. The maximum atomic E-state index is 12.5. The van der Waals surface area contributed by atoms with E-state index in [-0.39, 0.29) is 18.2 Å². The maximum Gasteiger partial charge on any atom is 0.237 e. The monoisotopic (exact) mass is 391 g/mol. The Morgan fingerprint density at radius 1 is 1.14 bits per heavy atom. The minimum atomic E-state index is -0.449. The molecule has 0 radical (unpaired) electrons. The highest BCUT2D eigenvalue weighted by Crippen LogP contribution is 2.14. The van der Waals surface area contributed by atoms with Crippen molar-refractivity contribution in [3.63, 3.8) is 0 Å². The third kappa shape index (κ3) is 4.81. The van der Waals surface area contributed by atoms with Gasteiger partial charge in [-0.3, -0.25) is 14.5 Å². The third-order valence-electron chi connectivity index (χ3n) is 5.17. The number of fused-ring (bicyclic) bond motifs is 1. The summed E-state index contributed by atoms with van der Waals surface area (Å²) < 4.78 is 0. The number of imidazole rings is 1. The van der Waals surface area contributed by atoms with Crippen molar-refractivity contribution in [3.8, 4) is 0 Å². The van der Waals surface area contributed by atoms with Gasteiger partial charge < -0.3 is 15.6 Å². The first kappa shape index (κ1) is 19.1. The second kappa shape index (κ2) is 8.87. The molecule has 0 saturated carbocycles. The van der Waals surface area contributed by atoms with Crippen molar-refractivity contribution in [3.05, 3.63) is 66.0 Å². The van der Waals surface area contributed by atoms with E-state index in [9.17, 15) is 9.59 Å². The van der Waals surface area contributed by atoms with Crippen LogP contribution in [0.25, 0.3) is 11.0 Å². The third-order valence-corrected chi connectivity index (χ3v) is 5.17. The van der Waals surface area contributed by atoms with Crippen LogP contribution in [-0.2, 0) is 22.6 Å². The average molecular weight is 391 g/mol. The summed E-state index contributed by atoms with van der Waals surface area (Å²) in [5.41, 5.74) is 3.05. The number of aromatic nitrogens is 2. The van der Waals surface area contributed by atoms with E-state index in [1.54, 1.807) is 0 Å². The fourth-order valence-electron chi connectivity index (χ4n) is 3.68. The van der Waals surface area contributed by atoms with Gasteiger partial charge in [-0.25, -0.2) is 4.98 Å². The number of rotatable bonds is 7. The molecule has 3 N–H and O–H groups in total. The zero-order chi connectivity index (χ0) is 20.1. The van der Waals surface area contributed by atoms with Gasteiger partial charge in [0.1, 0.15) is 5.82 Å². The molecule has 1 fully saturated rings. The van der Waals surface area contributed by atoms with Crippen LogP contribution in [0.5, 0.6) is 0 Å². The minimum Gasteiger partial charge on any atom is -0.356 e. The summed E-state index contributed by atoms with van der Waals surface area (Å²) >= 11 is 0. The van der Waals surface area contributed by atoms with Gasteiger partial charge in [0.15, 0.2) is 0 Å². The highest BCUT2D eigenvalue weighted by Gasteiger charge is 2.31. The van der Waals surface area contributed by atoms with E-state index in [4.69, 9.17) is 0 Å². The van der Waals surface area contributed by atoms with Crippen molar-refractivity contribution in [2.45, 2.75) is 25.4 Å². The van der Waals surface area contributed by atoms with Gasteiger partial charge >= 0.3 is 0 Å². The van der Waals surface area contributed by atoms with Crippen molar-refractivity contribution in [1.29, 1.82) is 0 Å².